The van der Waals surface area contributed by atoms with Gasteiger partial charge in [-0.05, 0) is 54.7 Å². The molecule has 1 unspecified atom stereocenters. The topological polar surface area (TPSA) is 127 Å². The second-order valence-corrected chi connectivity index (χ2v) is 10.1. The number of nitrogens with two attached hydrogens (primary N) is 2. The molecule has 2 amide bonds. The van der Waals surface area contributed by atoms with E-state index >= 15 is 0 Å². The Morgan fingerprint density at radius 1 is 1.00 bits per heavy atom. The molecule has 1 aliphatic carbocycles. The van der Waals surface area contributed by atoms with E-state index in [-0.39, 0.29) is 42.5 Å². The van der Waals surface area contributed by atoms with Gasteiger partial charge in [-0.15, -0.1) is 24.8 Å². The third-order valence-electron chi connectivity index (χ3n) is 7.64. The van der Waals surface area contributed by atoms with Gasteiger partial charge in [0.25, 0.3) is 0 Å². The predicted molar refractivity (Wildman–Crippen MR) is 157 cm³/mol. The minimum absolute atomic E-state index is 0. The summed E-state index contributed by atoms with van der Waals surface area (Å²) in [6.45, 7) is 1.10. The molecule has 1 fully saturated rings. The molecule has 0 bridgehead atoms. The summed E-state index contributed by atoms with van der Waals surface area (Å²) < 4.78 is 0. The lowest BCUT2D eigenvalue weighted by Crippen LogP contribution is -2.53. The predicted octanol–water partition coefficient (Wildman–Crippen LogP) is 3.27. The van der Waals surface area contributed by atoms with E-state index in [4.69, 9.17) is 11.5 Å². The van der Waals surface area contributed by atoms with Crippen LogP contribution < -0.4 is 16.8 Å². The van der Waals surface area contributed by atoms with Crippen LogP contribution in [-0.2, 0) is 22.4 Å². The van der Waals surface area contributed by atoms with Crippen LogP contribution in [0.15, 0.2) is 66.9 Å². The van der Waals surface area contributed by atoms with E-state index in [1.165, 1.54) is 0 Å². The highest BCUT2D eigenvalue weighted by atomic mass is 35.5. The number of aryl methyl sites for hydroxylation is 1. The molecule has 3 atom stereocenters. The Hall–Kier alpha value is -3.20. The lowest BCUT2D eigenvalue weighted by molar-refractivity contribution is -0.139. The number of nitrogens with one attached hydrogen (secondary N) is 1. The highest BCUT2D eigenvalue weighted by Gasteiger charge is 2.39. The number of hydrogen-bond acceptors (Lipinski definition) is 6. The summed E-state index contributed by atoms with van der Waals surface area (Å²) in [6, 6.07) is 18.4. The van der Waals surface area contributed by atoms with Crippen molar-refractivity contribution in [2.24, 2.45) is 11.7 Å². The van der Waals surface area contributed by atoms with Gasteiger partial charge in [-0.3, -0.25) is 9.59 Å². The van der Waals surface area contributed by atoms with Crippen LogP contribution >= 0.6 is 24.8 Å². The molecule has 1 aliphatic heterocycles. The number of nitrogen functional groups attached to an aromatic ring is 1. The van der Waals surface area contributed by atoms with Gasteiger partial charge in [0.05, 0.1) is 6.04 Å². The molecular weight excluding hydrogens is 535 g/mol. The quantitative estimate of drug-likeness (QED) is 0.400. The number of carbonyl (C=O) groups excluding carboxylic acids is 2. The van der Waals surface area contributed by atoms with E-state index in [9.17, 15) is 9.59 Å². The van der Waals surface area contributed by atoms with Crippen LogP contribution in [0.1, 0.15) is 47.6 Å². The lowest BCUT2D eigenvalue weighted by Gasteiger charge is -2.31. The fraction of sp³-hybridized carbons (Fsp3) is 0.379. The average Bonchev–Trinajstić information content (AvgIpc) is 3.43. The molecule has 208 valence electrons. The number of likely N-dealkylation sites (tertiary alicyclic amines) is 1. The summed E-state index contributed by atoms with van der Waals surface area (Å²) in [5, 5.41) is 3.11. The van der Waals surface area contributed by atoms with Gasteiger partial charge in [0, 0.05) is 30.9 Å². The number of aromatic nitrogens is 2. The third-order valence-corrected chi connectivity index (χ3v) is 7.64. The molecule has 0 spiro atoms. The van der Waals surface area contributed by atoms with Crippen molar-refractivity contribution in [1.82, 2.24) is 20.2 Å². The Morgan fingerprint density at radius 3 is 2.28 bits per heavy atom. The monoisotopic (exact) mass is 570 g/mol. The van der Waals surface area contributed by atoms with E-state index < -0.39 is 12.1 Å². The van der Waals surface area contributed by atoms with Crippen molar-refractivity contribution in [2.45, 2.75) is 50.1 Å². The van der Waals surface area contributed by atoms with Crippen molar-refractivity contribution in [2.75, 3.05) is 18.8 Å². The molecule has 1 saturated heterocycles. The van der Waals surface area contributed by atoms with Crippen molar-refractivity contribution in [3.8, 4) is 0 Å². The Kier molecular flexibility index (Phi) is 10.7. The molecule has 3 aromatic rings. The van der Waals surface area contributed by atoms with E-state index in [0.717, 1.165) is 48.1 Å². The standard InChI is InChI=1S/C29H34N6O2.2ClH/c30-26(25(20-8-3-1-4-9-20)21-10-5-2-6-11-21)28(37)35-15-7-12-24(35)27(36)32-17-19-13-14-23-22(16-19)18-33-29(31)34-23;;/h1-6,8-11,18-19,24-26H,7,12-17,30H2,(H,32,36)(H2,31,33,34);2*1H/t19?,24-,26+;;/m0../s1. The minimum atomic E-state index is -0.791. The van der Waals surface area contributed by atoms with Crippen molar-refractivity contribution in [3.05, 3.63) is 89.2 Å². The van der Waals surface area contributed by atoms with Crippen LogP contribution in [0.5, 0.6) is 0 Å². The third kappa shape index (κ3) is 6.87. The molecule has 2 aliphatic rings. The number of benzene rings is 2. The number of amides is 2. The van der Waals surface area contributed by atoms with Crippen LogP contribution in [-0.4, -0.2) is 51.9 Å². The fourth-order valence-electron chi connectivity index (χ4n) is 5.70. The number of carbonyl (C=O) groups is 2. The van der Waals surface area contributed by atoms with E-state index in [1.807, 2.05) is 60.7 Å². The zero-order valence-corrected chi connectivity index (χ0v) is 23.4. The number of halogens is 2. The first kappa shape index (κ1) is 30.3. The van der Waals surface area contributed by atoms with Gasteiger partial charge in [0.15, 0.2) is 0 Å². The van der Waals surface area contributed by atoms with Crippen LogP contribution in [0, 0.1) is 5.92 Å². The van der Waals surface area contributed by atoms with Crippen molar-refractivity contribution < 1.29 is 9.59 Å². The molecule has 5 N–H and O–H groups in total. The molecule has 1 aromatic heterocycles. The Bertz CT molecular complexity index is 1210. The number of fused-ring (bicyclic) bond motifs is 1. The van der Waals surface area contributed by atoms with Crippen LogP contribution in [0.4, 0.5) is 5.95 Å². The zero-order valence-electron chi connectivity index (χ0n) is 21.7. The van der Waals surface area contributed by atoms with Crippen molar-refractivity contribution >= 4 is 42.6 Å². The van der Waals surface area contributed by atoms with Gasteiger partial charge in [-0.1, -0.05) is 60.7 Å². The summed E-state index contributed by atoms with van der Waals surface area (Å²) in [7, 11) is 0. The van der Waals surface area contributed by atoms with Gasteiger partial charge in [0.2, 0.25) is 17.8 Å². The second-order valence-electron chi connectivity index (χ2n) is 10.1. The summed E-state index contributed by atoms with van der Waals surface area (Å²) >= 11 is 0. The van der Waals surface area contributed by atoms with Crippen molar-refractivity contribution in [3.63, 3.8) is 0 Å². The summed E-state index contributed by atoms with van der Waals surface area (Å²) in [5.41, 5.74) is 16.4. The van der Waals surface area contributed by atoms with Gasteiger partial charge in [-0.2, -0.15) is 0 Å². The second kappa shape index (κ2) is 13.7. The summed E-state index contributed by atoms with van der Waals surface area (Å²) in [4.78, 5) is 37.1. The Labute approximate surface area is 241 Å². The van der Waals surface area contributed by atoms with Gasteiger partial charge in [0.1, 0.15) is 6.04 Å². The minimum Gasteiger partial charge on any atom is -0.368 e. The van der Waals surface area contributed by atoms with E-state index in [2.05, 4.69) is 15.3 Å². The van der Waals surface area contributed by atoms with E-state index in [0.29, 0.717) is 31.4 Å². The molecule has 5 rings (SSSR count). The first-order chi connectivity index (χ1) is 18.0. The first-order valence-electron chi connectivity index (χ1n) is 13.0. The molecule has 2 aromatic carbocycles. The fourth-order valence-corrected chi connectivity index (χ4v) is 5.70. The van der Waals surface area contributed by atoms with E-state index in [1.54, 1.807) is 11.1 Å². The van der Waals surface area contributed by atoms with Crippen LogP contribution in [0.2, 0.25) is 0 Å². The molecule has 8 nitrogen and oxygen atoms in total. The van der Waals surface area contributed by atoms with Crippen LogP contribution in [0.25, 0.3) is 0 Å². The van der Waals surface area contributed by atoms with Crippen molar-refractivity contribution in [1.29, 1.82) is 0 Å². The lowest BCUT2D eigenvalue weighted by atomic mass is 9.84. The maximum atomic E-state index is 13.7. The first-order valence-corrected chi connectivity index (χ1v) is 13.0. The highest BCUT2D eigenvalue weighted by molar-refractivity contribution is 5.91. The molecule has 0 radical (unpaired) electrons. The summed E-state index contributed by atoms with van der Waals surface area (Å²) in [5.74, 6) is 0.0244. The van der Waals surface area contributed by atoms with Gasteiger partial charge >= 0.3 is 0 Å². The average molecular weight is 572 g/mol. The van der Waals surface area contributed by atoms with Crippen LogP contribution in [0.3, 0.4) is 0 Å². The molecular formula is C29H36Cl2N6O2. The Morgan fingerprint density at radius 2 is 1.64 bits per heavy atom. The molecule has 10 heteroatoms. The molecule has 2 heterocycles. The number of anilines is 1. The summed E-state index contributed by atoms with van der Waals surface area (Å²) in [6.07, 6.45) is 5.79. The normalized spacial score (nSPS) is 18.9. The number of nitrogens with zero attached hydrogens (tertiary/aromatic N) is 3. The highest BCUT2D eigenvalue weighted by Crippen LogP contribution is 2.30. The number of rotatable bonds is 7. The SMILES string of the molecule is Cl.Cl.Nc1ncc2c(n1)CCC(CNC(=O)[C@@H]1CCCN1C(=O)[C@H](N)C(c1ccccc1)c1ccccc1)C2. The zero-order chi connectivity index (χ0) is 25.8. The Balaban J connectivity index is 0.00000210. The molecule has 0 saturated carbocycles. The number of hydrogen-bond donors (Lipinski definition) is 3. The smallest absolute Gasteiger partial charge is 0.242 e. The molecule has 39 heavy (non-hydrogen) atoms. The van der Waals surface area contributed by atoms with Gasteiger partial charge < -0.3 is 21.7 Å². The largest absolute Gasteiger partial charge is 0.368 e. The maximum absolute atomic E-state index is 13.7. The van der Waals surface area contributed by atoms with Gasteiger partial charge in [-0.25, -0.2) is 9.97 Å². The maximum Gasteiger partial charge on any atom is 0.242 e.